The van der Waals surface area contributed by atoms with Crippen LogP contribution in [-0.4, -0.2) is 28.1 Å². The van der Waals surface area contributed by atoms with Gasteiger partial charge in [-0.15, -0.1) is 0 Å². The average Bonchev–Trinajstić information content (AvgIpc) is 3.09. The number of Topliss-reactive ketones (excluding diaryl/α,β-unsaturated/α-hetero) is 1. The Labute approximate surface area is 152 Å². The van der Waals surface area contributed by atoms with Gasteiger partial charge >= 0.3 is 5.97 Å². The molecule has 26 heavy (non-hydrogen) atoms. The summed E-state index contributed by atoms with van der Waals surface area (Å²) in [5.41, 5.74) is 1.75. The quantitative estimate of drug-likeness (QED) is 0.476. The molecule has 6 nitrogen and oxygen atoms in total. The van der Waals surface area contributed by atoms with Crippen molar-refractivity contribution >= 4 is 22.7 Å². The molecule has 2 unspecified atom stereocenters. The largest absolute Gasteiger partial charge is 0.425 e. The highest BCUT2D eigenvalue weighted by atomic mass is 16.5. The van der Waals surface area contributed by atoms with E-state index in [2.05, 4.69) is 5.10 Å². The molecule has 1 aromatic heterocycles. The zero-order valence-electron chi connectivity index (χ0n) is 15.1. The Morgan fingerprint density at radius 3 is 2.85 bits per heavy atom. The van der Waals surface area contributed by atoms with Crippen molar-refractivity contribution in [2.45, 2.75) is 58.1 Å². The Balaban J connectivity index is 1.64. The number of ether oxygens (including phenoxy) is 2. The molecule has 138 valence electrons. The van der Waals surface area contributed by atoms with Gasteiger partial charge in [0.2, 0.25) is 0 Å². The van der Waals surface area contributed by atoms with Gasteiger partial charge in [0, 0.05) is 13.0 Å². The van der Waals surface area contributed by atoms with Crippen LogP contribution >= 0.6 is 0 Å². The predicted molar refractivity (Wildman–Crippen MR) is 95.9 cm³/mol. The second-order valence-corrected chi connectivity index (χ2v) is 7.24. The van der Waals surface area contributed by atoms with Crippen LogP contribution in [0, 0.1) is 12.8 Å². The molecule has 0 spiro atoms. The van der Waals surface area contributed by atoms with Crippen molar-refractivity contribution in [1.82, 2.24) is 9.78 Å². The third-order valence-corrected chi connectivity index (χ3v) is 5.40. The molecule has 2 atom stereocenters. The van der Waals surface area contributed by atoms with E-state index in [1.165, 1.54) is 0 Å². The van der Waals surface area contributed by atoms with Gasteiger partial charge in [-0.05, 0) is 50.7 Å². The number of benzene rings is 1. The number of nitrogens with zero attached hydrogens (tertiary/aromatic N) is 2. The minimum absolute atomic E-state index is 0.00243. The second kappa shape index (κ2) is 7.19. The summed E-state index contributed by atoms with van der Waals surface area (Å²) in [5.74, 6) is -0.563. The van der Waals surface area contributed by atoms with E-state index >= 15 is 0 Å². The van der Waals surface area contributed by atoms with Crippen molar-refractivity contribution in [2.75, 3.05) is 6.61 Å². The summed E-state index contributed by atoms with van der Waals surface area (Å²) < 4.78 is 13.4. The molecule has 2 aromatic rings. The van der Waals surface area contributed by atoms with E-state index in [0.717, 1.165) is 55.2 Å². The highest BCUT2D eigenvalue weighted by Crippen LogP contribution is 2.34. The molecule has 0 radical (unpaired) electrons. The summed E-state index contributed by atoms with van der Waals surface area (Å²) in [6.45, 7) is 2.64. The fraction of sp³-hybridized carbons (Fsp3) is 0.550. The number of aryl methyl sites for hydroxylation is 1. The van der Waals surface area contributed by atoms with Crippen LogP contribution in [-0.2, 0) is 14.3 Å². The van der Waals surface area contributed by atoms with Crippen molar-refractivity contribution in [3.05, 3.63) is 23.9 Å². The molecule has 4 rings (SSSR count). The minimum Gasteiger partial charge on any atom is -0.425 e. The van der Waals surface area contributed by atoms with E-state index < -0.39 is 11.9 Å². The summed E-state index contributed by atoms with van der Waals surface area (Å²) in [6.07, 6.45) is 7.59. The van der Waals surface area contributed by atoms with Crippen LogP contribution in [0.4, 0.5) is 0 Å². The lowest BCUT2D eigenvalue weighted by atomic mass is 9.88. The Morgan fingerprint density at radius 1 is 1.23 bits per heavy atom. The Morgan fingerprint density at radius 2 is 2.08 bits per heavy atom. The molecular formula is C20H24N2O4. The number of carbonyl (C=O) groups excluding carboxylic acids is 2. The van der Waals surface area contributed by atoms with E-state index in [-0.39, 0.29) is 12.0 Å². The van der Waals surface area contributed by atoms with Crippen molar-refractivity contribution < 1.29 is 19.1 Å². The molecule has 1 aliphatic carbocycles. The van der Waals surface area contributed by atoms with Gasteiger partial charge in [0.1, 0.15) is 17.5 Å². The standard InChI is InChI=1S/C20H24N2O4/c1-13-9-10-16-15(12-21-22(16)18-8-4-5-11-25-18)19(13)26-20(24)14-6-2-3-7-17(14)23/h9-10,12,14,18H,2-8,11H2,1H3. The van der Waals surface area contributed by atoms with Crippen molar-refractivity contribution in [1.29, 1.82) is 0 Å². The molecule has 2 fully saturated rings. The molecule has 2 aliphatic rings. The van der Waals surface area contributed by atoms with E-state index in [0.29, 0.717) is 18.6 Å². The number of hydrogen-bond acceptors (Lipinski definition) is 5. The highest BCUT2D eigenvalue weighted by molar-refractivity contribution is 6.01. The SMILES string of the molecule is Cc1ccc2c(cnn2C2CCCCO2)c1OC(=O)C1CCCCC1=O. The molecule has 6 heteroatoms. The normalized spacial score (nSPS) is 24.0. The van der Waals surface area contributed by atoms with E-state index in [1.807, 2.05) is 23.7 Å². The van der Waals surface area contributed by atoms with Crippen molar-refractivity contribution in [2.24, 2.45) is 5.92 Å². The summed E-state index contributed by atoms with van der Waals surface area (Å²) in [7, 11) is 0. The third kappa shape index (κ3) is 3.14. The van der Waals surface area contributed by atoms with Crippen molar-refractivity contribution in [3.63, 3.8) is 0 Å². The molecule has 2 heterocycles. The van der Waals surface area contributed by atoms with Crippen LogP contribution in [0.3, 0.4) is 0 Å². The van der Waals surface area contributed by atoms with Crippen LogP contribution in [0.1, 0.15) is 56.7 Å². The number of hydrogen-bond donors (Lipinski definition) is 0. The molecule has 1 aliphatic heterocycles. The van der Waals surface area contributed by atoms with Crippen LogP contribution < -0.4 is 4.74 Å². The van der Waals surface area contributed by atoms with Crippen LogP contribution in [0.5, 0.6) is 5.75 Å². The number of carbonyl (C=O) groups is 2. The lowest BCUT2D eigenvalue weighted by molar-refractivity contribution is -0.145. The van der Waals surface area contributed by atoms with Gasteiger partial charge < -0.3 is 9.47 Å². The summed E-state index contributed by atoms with van der Waals surface area (Å²) in [5, 5.41) is 5.28. The van der Waals surface area contributed by atoms with E-state index in [4.69, 9.17) is 9.47 Å². The lowest BCUT2D eigenvalue weighted by Gasteiger charge is -2.23. The molecule has 0 N–H and O–H groups in total. The first-order valence-electron chi connectivity index (χ1n) is 9.48. The zero-order chi connectivity index (χ0) is 18.1. The first-order chi connectivity index (χ1) is 12.6. The number of ketones is 1. The van der Waals surface area contributed by atoms with Crippen molar-refractivity contribution in [3.8, 4) is 5.75 Å². The minimum atomic E-state index is -0.630. The van der Waals surface area contributed by atoms with Gasteiger partial charge in [0.25, 0.3) is 0 Å². The maximum Gasteiger partial charge on any atom is 0.321 e. The number of rotatable bonds is 3. The Hall–Kier alpha value is -2.21. The lowest BCUT2D eigenvalue weighted by Crippen LogP contribution is -2.30. The number of aromatic nitrogens is 2. The van der Waals surface area contributed by atoms with E-state index in [9.17, 15) is 9.59 Å². The monoisotopic (exact) mass is 356 g/mol. The Kier molecular flexibility index (Phi) is 4.76. The molecule has 0 amide bonds. The van der Waals surface area contributed by atoms with Gasteiger partial charge in [-0.1, -0.05) is 12.5 Å². The smallest absolute Gasteiger partial charge is 0.321 e. The summed E-state index contributed by atoms with van der Waals surface area (Å²) >= 11 is 0. The van der Waals surface area contributed by atoms with Gasteiger partial charge in [0.05, 0.1) is 17.1 Å². The molecule has 1 aromatic carbocycles. The zero-order valence-corrected chi connectivity index (χ0v) is 15.1. The summed E-state index contributed by atoms with van der Waals surface area (Å²) in [4.78, 5) is 24.6. The van der Waals surface area contributed by atoms with Gasteiger partial charge in [-0.25, -0.2) is 4.68 Å². The van der Waals surface area contributed by atoms with Gasteiger partial charge in [-0.2, -0.15) is 5.10 Å². The number of esters is 1. The van der Waals surface area contributed by atoms with E-state index in [1.54, 1.807) is 6.20 Å². The topological polar surface area (TPSA) is 70.4 Å². The maximum atomic E-state index is 12.6. The molecule has 1 saturated carbocycles. The summed E-state index contributed by atoms with van der Waals surface area (Å²) in [6, 6.07) is 3.91. The molecular weight excluding hydrogens is 332 g/mol. The number of fused-ring (bicyclic) bond motifs is 1. The van der Waals surface area contributed by atoms with Crippen LogP contribution in [0.15, 0.2) is 18.3 Å². The maximum absolute atomic E-state index is 12.6. The first-order valence-corrected chi connectivity index (χ1v) is 9.48. The second-order valence-electron chi connectivity index (χ2n) is 7.24. The molecule has 1 saturated heterocycles. The third-order valence-electron chi connectivity index (χ3n) is 5.40. The van der Waals surface area contributed by atoms with Crippen LogP contribution in [0.25, 0.3) is 10.9 Å². The predicted octanol–water partition coefficient (Wildman–Crippen LogP) is 3.71. The first kappa shape index (κ1) is 17.2. The fourth-order valence-corrected chi connectivity index (χ4v) is 3.89. The van der Waals surface area contributed by atoms with Crippen LogP contribution in [0.2, 0.25) is 0 Å². The Bertz CT molecular complexity index is 836. The average molecular weight is 356 g/mol. The fourth-order valence-electron chi connectivity index (χ4n) is 3.89. The highest BCUT2D eigenvalue weighted by Gasteiger charge is 2.31. The van der Waals surface area contributed by atoms with Gasteiger partial charge in [0.15, 0.2) is 6.23 Å². The van der Waals surface area contributed by atoms with Gasteiger partial charge in [-0.3, -0.25) is 9.59 Å². The molecule has 0 bridgehead atoms.